The molecule has 1 aromatic rings. The molecule has 0 aliphatic carbocycles. The Labute approximate surface area is 93.7 Å². The highest BCUT2D eigenvalue weighted by molar-refractivity contribution is 6.32. The molecule has 0 aliphatic heterocycles. The van der Waals surface area contributed by atoms with Gasteiger partial charge in [-0.15, -0.1) is 0 Å². The number of nitrogens with zero attached hydrogens (tertiary/aromatic N) is 2. The average Bonchev–Trinajstić information content (AvgIpc) is 2.18. The van der Waals surface area contributed by atoms with Crippen LogP contribution in [0.2, 0.25) is 5.02 Å². The van der Waals surface area contributed by atoms with Crippen LogP contribution in [0.15, 0.2) is 6.20 Å². The summed E-state index contributed by atoms with van der Waals surface area (Å²) in [6.45, 7) is 4.00. The van der Waals surface area contributed by atoms with Gasteiger partial charge in [0, 0.05) is 0 Å². The zero-order chi connectivity index (χ0) is 11.4. The maximum Gasteiger partial charge on any atom is 0.222 e. The largest absolute Gasteiger partial charge is 0.394 e. The number of anilines is 2. The van der Waals surface area contributed by atoms with Gasteiger partial charge in [-0.2, -0.15) is 4.98 Å². The van der Waals surface area contributed by atoms with E-state index in [9.17, 15) is 0 Å². The van der Waals surface area contributed by atoms with E-state index < -0.39 is 0 Å². The first-order valence-electron chi connectivity index (χ1n) is 4.70. The highest BCUT2D eigenvalue weighted by Crippen LogP contribution is 2.20. The van der Waals surface area contributed by atoms with Gasteiger partial charge in [0.15, 0.2) is 5.82 Å². The molecule has 1 rings (SSSR count). The number of aliphatic hydroxyl groups is 1. The second-order valence-electron chi connectivity index (χ2n) is 3.60. The fourth-order valence-corrected chi connectivity index (χ4v) is 1.23. The molecule has 1 unspecified atom stereocenters. The molecule has 0 radical (unpaired) electrons. The van der Waals surface area contributed by atoms with E-state index in [1.807, 2.05) is 13.8 Å². The Kier molecular flexibility index (Phi) is 4.11. The van der Waals surface area contributed by atoms with Gasteiger partial charge in [0.1, 0.15) is 5.02 Å². The van der Waals surface area contributed by atoms with E-state index >= 15 is 0 Å². The monoisotopic (exact) mass is 230 g/mol. The molecule has 4 N–H and O–H groups in total. The number of halogens is 1. The topological polar surface area (TPSA) is 84.1 Å². The maximum atomic E-state index is 9.14. The van der Waals surface area contributed by atoms with Crippen LogP contribution in [0, 0.1) is 5.92 Å². The summed E-state index contributed by atoms with van der Waals surface area (Å²) in [5.41, 5.74) is 5.44. The van der Waals surface area contributed by atoms with Crippen molar-refractivity contribution in [3.8, 4) is 0 Å². The molecule has 1 heterocycles. The molecule has 0 saturated heterocycles. The van der Waals surface area contributed by atoms with Crippen LogP contribution in [0.5, 0.6) is 0 Å². The predicted octanol–water partition coefficient (Wildman–Crippen LogP) is 1.14. The molecule has 84 valence electrons. The van der Waals surface area contributed by atoms with Crippen LogP contribution in [0.1, 0.15) is 13.8 Å². The number of hydrogen-bond acceptors (Lipinski definition) is 5. The van der Waals surface area contributed by atoms with Crippen LogP contribution >= 0.6 is 11.6 Å². The van der Waals surface area contributed by atoms with Gasteiger partial charge in [0.05, 0.1) is 18.8 Å². The van der Waals surface area contributed by atoms with Crippen molar-refractivity contribution in [2.75, 3.05) is 17.7 Å². The van der Waals surface area contributed by atoms with Crippen LogP contribution in [0.25, 0.3) is 0 Å². The number of nitrogens with two attached hydrogens (primary N) is 1. The van der Waals surface area contributed by atoms with Crippen LogP contribution < -0.4 is 11.1 Å². The molecule has 5 nitrogen and oxygen atoms in total. The van der Waals surface area contributed by atoms with Crippen LogP contribution in [0.4, 0.5) is 11.8 Å². The zero-order valence-electron chi connectivity index (χ0n) is 8.74. The van der Waals surface area contributed by atoms with Crippen molar-refractivity contribution in [3.63, 3.8) is 0 Å². The van der Waals surface area contributed by atoms with Crippen molar-refractivity contribution in [3.05, 3.63) is 11.2 Å². The van der Waals surface area contributed by atoms with E-state index in [-0.39, 0.29) is 24.5 Å². The number of nitrogens with one attached hydrogen (secondary N) is 1. The van der Waals surface area contributed by atoms with Gasteiger partial charge >= 0.3 is 0 Å². The first kappa shape index (κ1) is 12.0. The van der Waals surface area contributed by atoms with E-state index in [1.54, 1.807) is 0 Å². The molecule has 15 heavy (non-hydrogen) atoms. The lowest BCUT2D eigenvalue weighted by Crippen LogP contribution is -2.30. The molecule has 0 saturated carbocycles. The van der Waals surface area contributed by atoms with E-state index in [0.29, 0.717) is 10.8 Å². The third-order valence-electron chi connectivity index (χ3n) is 2.09. The second kappa shape index (κ2) is 5.14. The van der Waals surface area contributed by atoms with Crippen molar-refractivity contribution in [1.29, 1.82) is 0 Å². The molecule has 0 aliphatic rings. The molecule has 0 amide bonds. The van der Waals surface area contributed by atoms with Crippen molar-refractivity contribution in [1.82, 2.24) is 9.97 Å². The number of nitrogen functional groups attached to an aromatic ring is 1. The smallest absolute Gasteiger partial charge is 0.222 e. The van der Waals surface area contributed by atoms with E-state index in [0.717, 1.165) is 0 Å². The fraction of sp³-hybridized carbons (Fsp3) is 0.556. The van der Waals surface area contributed by atoms with Gasteiger partial charge in [0.2, 0.25) is 5.95 Å². The lowest BCUT2D eigenvalue weighted by atomic mass is 10.1. The quantitative estimate of drug-likeness (QED) is 0.723. The summed E-state index contributed by atoms with van der Waals surface area (Å²) in [5.74, 6) is 0.876. The minimum absolute atomic E-state index is 0.0118. The SMILES string of the molecule is CC(C)C(CO)Nc1nc(N)ncc1Cl. The molecule has 0 aromatic carbocycles. The van der Waals surface area contributed by atoms with Gasteiger partial charge in [-0.05, 0) is 5.92 Å². The Balaban J connectivity index is 2.82. The molecule has 0 fully saturated rings. The van der Waals surface area contributed by atoms with Gasteiger partial charge < -0.3 is 16.2 Å². The predicted molar refractivity (Wildman–Crippen MR) is 60.8 cm³/mol. The number of aromatic nitrogens is 2. The Bertz CT molecular complexity index is 332. The van der Waals surface area contributed by atoms with Crippen molar-refractivity contribution in [2.24, 2.45) is 5.92 Å². The Morgan fingerprint density at radius 3 is 2.80 bits per heavy atom. The molecular formula is C9H15ClN4O. The standard InChI is InChI=1S/C9H15ClN4O/c1-5(2)7(4-15)13-8-6(10)3-12-9(11)14-8/h3,5,7,15H,4H2,1-2H3,(H3,11,12,13,14). The molecular weight excluding hydrogens is 216 g/mol. The summed E-state index contributed by atoms with van der Waals surface area (Å²) in [6, 6.07) is -0.100. The van der Waals surface area contributed by atoms with E-state index in [1.165, 1.54) is 6.20 Å². The normalized spacial score (nSPS) is 12.9. The maximum absolute atomic E-state index is 9.14. The Morgan fingerprint density at radius 2 is 2.27 bits per heavy atom. The van der Waals surface area contributed by atoms with Crippen molar-refractivity contribution >= 4 is 23.4 Å². The second-order valence-corrected chi connectivity index (χ2v) is 4.01. The first-order chi connectivity index (χ1) is 7.04. The average molecular weight is 231 g/mol. The summed E-state index contributed by atoms with van der Waals surface area (Å²) in [7, 11) is 0. The minimum Gasteiger partial charge on any atom is -0.394 e. The van der Waals surface area contributed by atoms with Gasteiger partial charge in [-0.1, -0.05) is 25.4 Å². The van der Waals surface area contributed by atoms with Crippen molar-refractivity contribution in [2.45, 2.75) is 19.9 Å². The van der Waals surface area contributed by atoms with Crippen LogP contribution in [-0.2, 0) is 0 Å². The molecule has 1 atom stereocenters. The third-order valence-corrected chi connectivity index (χ3v) is 2.36. The fourth-order valence-electron chi connectivity index (χ4n) is 1.08. The Morgan fingerprint density at radius 1 is 1.60 bits per heavy atom. The van der Waals surface area contributed by atoms with Crippen LogP contribution in [-0.4, -0.2) is 27.7 Å². The van der Waals surface area contributed by atoms with Gasteiger partial charge in [-0.25, -0.2) is 4.98 Å². The first-order valence-corrected chi connectivity index (χ1v) is 5.07. The zero-order valence-corrected chi connectivity index (χ0v) is 9.49. The lowest BCUT2D eigenvalue weighted by Gasteiger charge is -2.20. The van der Waals surface area contributed by atoms with Crippen molar-refractivity contribution < 1.29 is 5.11 Å². The molecule has 0 bridgehead atoms. The van der Waals surface area contributed by atoms with E-state index in [4.69, 9.17) is 22.4 Å². The summed E-state index contributed by atoms with van der Waals surface area (Å²) >= 11 is 5.88. The van der Waals surface area contributed by atoms with Crippen LogP contribution in [0.3, 0.4) is 0 Å². The highest BCUT2D eigenvalue weighted by atomic mass is 35.5. The summed E-state index contributed by atoms with van der Waals surface area (Å²) in [6.07, 6.45) is 1.43. The minimum atomic E-state index is -0.100. The Hall–Kier alpha value is -1.07. The molecule has 1 aromatic heterocycles. The summed E-state index contributed by atoms with van der Waals surface area (Å²) in [4.78, 5) is 7.70. The third kappa shape index (κ3) is 3.21. The van der Waals surface area contributed by atoms with E-state index in [2.05, 4.69) is 15.3 Å². The molecule has 0 spiro atoms. The van der Waals surface area contributed by atoms with Gasteiger partial charge in [0.25, 0.3) is 0 Å². The summed E-state index contributed by atoms with van der Waals surface area (Å²) in [5, 5.41) is 12.6. The number of hydrogen-bond donors (Lipinski definition) is 3. The summed E-state index contributed by atoms with van der Waals surface area (Å²) < 4.78 is 0. The highest BCUT2D eigenvalue weighted by Gasteiger charge is 2.14. The molecule has 6 heteroatoms. The number of rotatable bonds is 4. The van der Waals surface area contributed by atoms with Gasteiger partial charge in [-0.3, -0.25) is 0 Å². The lowest BCUT2D eigenvalue weighted by molar-refractivity contribution is 0.249. The number of aliphatic hydroxyl groups excluding tert-OH is 1.